The molecule has 2 rings (SSSR count). The quantitative estimate of drug-likeness (QED) is 0.846. The molecule has 0 unspecified atom stereocenters. The van der Waals surface area contributed by atoms with Crippen LogP contribution in [0.4, 0.5) is 5.69 Å². The monoisotopic (exact) mass is 334 g/mol. The number of hydrogen-bond donors (Lipinski definition) is 2. The van der Waals surface area contributed by atoms with Crippen molar-refractivity contribution in [1.29, 1.82) is 0 Å². The number of amides is 1. The standard InChI is InChI=1S/C16H18N2O4S/c1-12(18-23(20,21)15-9-4-3-5-10-15)16(19)17-13-7-6-8-14(11-13)22-2/h3-12,18H,1-2H3,(H,17,19)/t12-/m0/s1. The van der Waals surface area contributed by atoms with Crippen LogP contribution in [0.5, 0.6) is 5.75 Å². The summed E-state index contributed by atoms with van der Waals surface area (Å²) in [7, 11) is -2.22. The van der Waals surface area contributed by atoms with E-state index in [4.69, 9.17) is 4.74 Å². The van der Waals surface area contributed by atoms with E-state index in [0.717, 1.165) is 0 Å². The first-order valence-corrected chi connectivity index (χ1v) is 8.43. The fourth-order valence-electron chi connectivity index (χ4n) is 1.91. The topological polar surface area (TPSA) is 84.5 Å². The van der Waals surface area contributed by atoms with Crippen LogP contribution in [-0.4, -0.2) is 27.5 Å². The first kappa shape index (κ1) is 17.0. The molecule has 0 saturated carbocycles. The van der Waals surface area contributed by atoms with E-state index >= 15 is 0 Å². The number of benzene rings is 2. The van der Waals surface area contributed by atoms with Crippen molar-refractivity contribution in [2.75, 3.05) is 12.4 Å². The highest BCUT2D eigenvalue weighted by atomic mass is 32.2. The van der Waals surface area contributed by atoms with Crippen LogP contribution >= 0.6 is 0 Å². The van der Waals surface area contributed by atoms with Gasteiger partial charge in [-0.15, -0.1) is 0 Å². The van der Waals surface area contributed by atoms with Crippen molar-refractivity contribution in [1.82, 2.24) is 4.72 Å². The molecule has 0 aliphatic rings. The molecule has 0 radical (unpaired) electrons. The SMILES string of the molecule is COc1cccc(NC(=O)[C@H](C)NS(=O)(=O)c2ccccc2)c1. The number of rotatable bonds is 6. The van der Waals surface area contributed by atoms with Gasteiger partial charge in [-0.3, -0.25) is 4.79 Å². The number of ether oxygens (including phenoxy) is 1. The number of carbonyl (C=O) groups is 1. The minimum absolute atomic E-state index is 0.112. The van der Waals surface area contributed by atoms with E-state index in [2.05, 4.69) is 10.0 Å². The summed E-state index contributed by atoms with van der Waals surface area (Å²) in [5, 5.41) is 2.64. The van der Waals surface area contributed by atoms with Gasteiger partial charge in [-0.05, 0) is 31.2 Å². The fourth-order valence-corrected chi connectivity index (χ4v) is 3.13. The minimum atomic E-state index is -3.75. The van der Waals surface area contributed by atoms with E-state index in [1.54, 1.807) is 42.5 Å². The molecule has 23 heavy (non-hydrogen) atoms. The predicted molar refractivity (Wildman–Crippen MR) is 87.8 cm³/mol. The fraction of sp³-hybridized carbons (Fsp3) is 0.188. The Morgan fingerprint density at radius 3 is 2.43 bits per heavy atom. The zero-order valence-corrected chi connectivity index (χ0v) is 13.6. The van der Waals surface area contributed by atoms with Gasteiger partial charge in [0.05, 0.1) is 18.0 Å². The molecule has 122 valence electrons. The Labute approximate surface area is 135 Å². The molecule has 1 atom stereocenters. The molecule has 0 spiro atoms. The van der Waals surface area contributed by atoms with E-state index in [-0.39, 0.29) is 4.90 Å². The third-order valence-corrected chi connectivity index (χ3v) is 4.67. The Bertz CT molecular complexity index is 776. The highest BCUT2D eigenvalue weighted by Gasteiger charge is 2.21. The number of anilines is 1. The van der Waals surface area contributed by atoms with Crippen LogP contribution in [0.15, 0.2) is 59.5 Å². The molecule has 2 N–H and O–H groups in total. The van der Waals surface area contributed by atoms with Gasteiger partial charge in [0.1, 0.15) is 5.75 Å². The van der Waals surface area contributed by atoms with E-state index in [9.17, 15) is 13.2 Å². The maximum absolute atomic E-state index is 12.2. The van der Waals surface area contributed by atoms with Crippen molar-refractivity contribution in [3.63, 3.8) is 0 Å². The first-order valence-electron chi connectivity index (χ1n) is 6.94. The molecule has 0 bridgehead atoms. The lowest BCUT2D eigenvalue weighted by Crippen LogP contribution is -2.41. The summed E-state index contributed by atoms with van der Waals surface area (Å²) in [6, 6.07) is 13.8. The lowest BCUT2D eigenvalue weighted by molar-refractivity contribution is -0.117. The average molecular weight is 334 g/mol. The number of nitrogens with one attached hydrogen (secondary N) is 2. The predicted octanol–water partition coefficient (Wildman–Crippen LogP) is 2.00. The Morgan fingerprint density at radius 2 is 1.78 bits per heavy atom. The van der Waals surface area contributed by atoms with Gasteiger partial charge in [0.15, 0.2) is 0 Å². The summed E-state index contributed by atoms with van der Waals surface area (Å²) < 4.78 is 31.8. The van der Waals surface area contributed by atoms with Gasteiger partial charge in [0.25, 0.3) is 0 Å². The molecule has 0 saturated heterocycles. The number of methoxy groups -OCH3 is 1. The second kappa shape index (κ2) is 7.26. The lowest BCUT2D eigenvalue weighted by atomic mass is 10.2. The molecule has 2 aromatic carbocycles. The van der Waals surface area contributed by atoms with E-state index < -0.39 is 22.0 Å². The number of sulfonamides is 1. The highest BCUT2D eigenvalue weighted by Crippen LogP contribution is 2.17. The van der Waals surface area contributed by atoms with E-state index in [1.165, 1.54) is 26.2 Å². The Morgan fingerprint density at radius 1 is 1.09 bits per heavy atom. The van der Waals surface area contributed by atoms with Crippen LogP contribution in [0.3, 0.4) is 0 Å². The molecule has 0 fully saturated rings. The maximum atomic E-state index is 12.2. The zero-order valence-electron chi connectivity index (χ0n) is 12.8. The molecule has 0 aromatic heterocycles. The molecule has 2 aromatic rings. The highest BCUT2D eigenvalue weighted by molar-refractivity contribution is 7.89. The molecule has 6 nitrogen and oxygen atoms in total. The van der Waals surface area contributed by atoms with Gasteiger partial charge in [-0.25, -0.2) is 8.42 Å². The summed E-state index contributed by atoms with van der Waals surface area (Å²) in [6.07, 6.45) is 0. The van der Waals surface area contributed by atoms with E-state index in [1.807, 2.05) is 0 Å². The van der Waals surface area contributed by atoms with Gasteiger partial charge >= 0.3 is 0 Å². The summed E-state index contributed by atoms with van der Waals surface area (Å²) in [5.74, 6) is 0.137. The van der Waals surface area contributed by atoms with Crippen molar-refractivity contribution in [2.24, 2.45) is 0 Å². The summed E-state index contributed by atoms with van der Waals surface area (Å²) in [6.45, 7) is 1.48. The molecule has 0 heterocycles. The Hall–Kier alpha value is -2.38. The molecule has 0 aliphatic carbocycles. The summed E-state index contributed by atoms with van der Waals surface area (Å²) in [4.78, 5) is 12.3. The third-order valence-electron chi connectivity index (χ3n) is 3.12. The summed E-state index contributed by atoms with van der Waals surface area (Å²) >= 11 is 0. The lowest BCUT2D eigenvalue weighted by Gasteiger charge is -2.15. The van der Waals surface area contributed by atoms with E-state index in [0.29, 0.717) is 11.4 Å². The minimum Gasteiger partial charge on any atom is -0.497 e. The number of hydrogen-bond acceptors (Lipinski definition) is 4. The van der Waals surface area contributed by atoms with Gasteiger partial charge in [0.2, 0.25) is 15.9 Å². The van der Waals surface area contributed by atoms with Crippen molar-refractivity contribution in [3.05, 3.63) is 54.6 Å². The second-order valence-corrected chi connectivity index (χ2v) is 6.59. The van der Waals surface area contributed by atoms with Crippen molar-refractivity contribution < 1.29 is 17.9 Å². The maximum Gasteiger partial charge on any atom is 0.242 e. The molecule has 1 amide bonds. The van der Waals surface area contributed by atoms with Gasteiger partial charge in [0, 0.05) is 11.8 Å². The Balaban J connectivity index is 2.05. The van der Waals surface area contributed by atoms with Crippen molar-refractivity contribution in [3.8, 4) is 5.75 Å². The van der Waals surface area contributed by atoms with Gasteiger partial charge in [-0.2, -0.15) is 4.72 Å². The van der Waals surface area contributed by atoms with Crippen LogP contribution in [0, 0.1) is 0 Å². The van der Waals surface area contributed by atoms with Crippen LogP contribution < -0.4 is 14.8 Å². The average Bonchev–Trinajstić information content (AvgIpc) is 2.55. The van der Waals surface area contributed by atoms with Gasteiger partial charge in [-0.1, -0.05) is 24.3 Å². The smallest absolute Gasteiger partial charge is 0.242 e. The third kappa shape index (κ3) is 4.54. The molecule has 0 aliphatic heterocycles. The molecular weight excluding hydrogens is 316 g/mol. The van der Waals surface area contributed by atoms with Gasteiger partial charge < -0.3 is 10.1 Å². The van der Waals surface area contributed by atoms with Crippen LogP contribution in [0.2, 0.25) is 0 Å². The second-order valence-electron chi connectivity index (χ2n) is 4.88. The first-order chi connectivity index (χ1) is 10.9. The van der Waals surface area contributed by atoms with Crippen LogP contribution in [0.1, 0.15) is 6.92 Å². The largest absolute Gasteiger partial charge is 0.497 e. The Kier molecular flexibility index (Phi) is 5.36. The number of carbonyl (C=O) groups excluding carboxylic acids is 1. The molecular formula is C16H18N2O4S. The van der Waals surface area contributed by atoms with Crippen molar-refractivity contribution in [2.45, 2.75) is 17.9 Å². The van der Waals surface area contributed by atoms with Crippen molar-refractivity contribution >= 4 is 21.6 Å². The van der Waals surface area contributed by atoms with Crippen LogP contribution in [0.25, 0.3) is 0 Å². The summed E-state index contributed by atoms with van der Waals surface area (Å²) in [5.41, 5.74) is 0.528. The van der Waals surface area contributed by atoms with Crippen LogP contribution in [-0.2, 0) is 14.8 Å². The normalized spacial score (nSPS) is 12.4. The molecule has 7 heteroatoms. The zero-order chi connectivity index (χ0) is 16.9.